The molecule has 0 spiro atoms. The lowest BCUT2D eigenvalue weighted by Gasteiger charge is -2.28. The van der Waals surface area contributed by atoms with Crippen LogP contribution in [0.4, 0.5) is 0 Å². The molecule has 6 nitrogen and oxygen atoms in total. The number of carbonyl (C=O) groups excluding carboxylic acids is 1. The molecule has 1 atom stereocenters. The first kappa shape index (κ1) is 12.9. The van der Waals surface area contributed by atoms with Gasteiger partial charge in [-0.3, -0.25) is 4.79 Å². The molecule has 1 amide bonds. The van der Waals surface area contributed by atoms with E-state index in [1.54, 1.807) is 23.1 Å². The monoisotopic (exact) mass is 276 g/mol. The first-order valence-corrected chi connectivity index (χ1v) is 6.63. The number of amides is 1. The summed E-state index contributed by atoms with van der Waals surface area (Å²) in [5, 5.41) is 13.7. The van der Waals surface area contributed by atoms with Gasteiger partial charge in [-0.05, 0) is 12.1 Å². The van der Waals surface area contributed by atoms with Gasteiger partial charge in [0, 0.05) is 25.1 Å². The van der Waals surface area contributed by atoms with Crippen molar-refractivity contribution in [3.05, 3.63) is 29.8 Å². The Morgan fingerprint density at radius 1 is 1.30 bits per heavy atom. The second kappa shape index (κ2) is 5.50. The molecule has 0 bridgehead atoms. The third-order valence-corrected chi connectivity index (χ3v) is 3.48. The average molecular weight is 276 g/mol. The summed E-state index contributed by atoms with van der Waals surface area (Å²) in [6.45, 7) is 2.30. The standard InChI is InChI=1S/C14H16N2O4/c17-12-4-2-1-3-10(12)11-9-13(20-15-11)14(18)16-5-7-19-8-6-16/h1-4,13,17H,5-9H2/t13-/m0/s1. The third kappa shape index (κ3) is 2.46. The second-order valence-corrected chi connectivity index (χ2v) is 4.79. The number of oxime groups is 1. The van der Waals surface area contributed by atoms with Crippen LogP contribution in [0.2, 0.25) is 0 Å². The van der Waals surface area contributed by atoms with Crippen molar-refractivity contribution < 1.29 is 19.5 Å². The number of hydrogen-bond donors (Lipinski definition) is 1. The highest BCUT2D eigenvalue weighted by Gasteiger charge is 2.33. The van der Waals surface area contributed by atoms with Gasteiger partial charge in [0.1, 0.15) is 5.75 Å². The van der Waals surface area contributed by atoms with E-state index in [0.717, 1.165) is 0 Å². The molecule has 0 radical (unpaired) electrons. The summed E-state index contributed by atoms with van der Waals surface area (Å²) in [6, 6.07) is 6.91. The lowest BCUT2D eigenvalue weighted by atomic mass is 10.0. The summed E-state index contributed by atoms with van der Waals surface area (Å²) < 4.78 is 5.22. The Kier molecular flexibility index (Phi) is 3.56. The fourth-order valence-corrected chi connectivity index (χ4v) is 2.37. The van der Waals surface area contributed by atoms with Gasteiger partial charge in [-0.1, -0.05) is 17.3 Å². The molecule has 3 rings (SSSR count). The van der Waals surface area contributed by atoms with E-state index in [9.17, 15) is 9.90 Å². The number of hydrogen-bond acceptors (Lipinski definition) is 5. The van der Waals surface area contributed by atoms with Gasteiger partial charge in [0.25, 0.3) is 5.91 Å². The first-order valence-electron chi connectivity index (χ1n) is 6.63. The number of aromatic hydroxyl groups is 1. The number of phenols is 1. The van der Waals surface area contributed by atoms with Gasteiger partial charge in [0.2, 0.25) is 6.10 Å². The molecule has 106 valence electrons. The average Bonchev–Trinajstić information content (AvgIpc) is 2.97. The maximum Gasteiger partial charge on any atom is 0.267 e. The molecular formula is C14H16N2O4. The van der Waals surface area contributed by atoms with E-state index in [0.29, 0.717) is 44.0 Å². The Bertz CT molecular complexity index is 538. The van der Waals surface area contributed by atoms with Crippen molar-refractivity contribution in [1.29, 1.82) is 0 Å². The number of rotatable bonds is 2. The van der Waals surface area contributed by atoms with Crippen molar-refractivity contribution in [3.63, 3.8) is 0 Å². The molecule has 1 aromatic rings. The molecule has 0 aromatic heterocycles. The van der Waals surface area contributed by atoms with Crippen molar-refractivity contribution in [2.45, 2.75) is 12.5 Å². The normalized spacial score (nSPS) is 22.3. The Morgan fingerprint density at radius 2 is 2.05 bits per heavy atom. The van der Waals surface area contributed by atoms with Gasteiger partial charge in [0.15, 0.2) is 0 Å². The van der Waals surface area contributed by atoms with E-state index >= 15 is 0 Å². The van der Waals surface area contributed by atoms with Crippen LogP contribution in [0.5, 0.6) is 5.75 Å². The molecule has 20 heavy (non-hydrogen) atoms. The minimum atomic E-state index is -0.595. The zero-order valence-corrected chi connectivity index (χ0v) is 11.0. The van der Waals surface area contributed by atoms with Crippen molar-refractivity contribution in [1.82, 2.24) is 4.90 Å². The topological polar surface area (TPSA) is 71.4 Å². The van der Waals surface area contributed by atoms with Crippen molar-refractivity contribution in [2.75, 3.05) is 26.3 Å². The van der Waals surface area contributed by atoms with Crippen molar-refractivity contribution >= 4 is 11.6 Å². The van der Waals surface area contributed by atoms with Crippen molar-refractivity contribution in [3.8, 4) is 5.75 Å². The van der Waals surface area contributed by atoms with Gasteiger partial charge < -0.3 is 19.6 Å². The molecule has 0 saturated carbocycles. The molecule has 1 aromatic carbocycles. The lowest BCUT2D eigenvalue weighted by Crippen LogP contribution is -2.45. The van der Waals surface area contributed by atoms with Gasteiger partial charge >= 0.3 is 0 Å². The molecule has 1 saturated heterocycles. The van der Waals surface area contributed by atoms with Gasteiger partial charge in [-0.2, -0.15) is 0 Å². The zero-order chi connectivity index (χ0) is 13.9. The lowest BCUT2D eigenvalue weighted by molar-refractivity contribution is -0.146. The highest BCUT2D eigenvalue weighted by molar-refractivity contribution is 6.05. The SMILES string of the molecule is O=C([C@@H]1CC(c2ccccc2O)=NO1)N1CCOCC1. The number of carbonyl (C=O) groups is 1. The van der Waals surface area contributed by atoms with Crippen LogP contribution in [-0.4, -0.2) is 54.0 Å². The van der Waals surface area contributed by atoms with Crippen molar-refractivity contribution in [2.24, 2.45) is 5.16 Å². The highest BCUT2D eigenvalue weighted by Crippen LogP contribution is 2.24. The number of phenolic OH excluding ortho intramolecular Hbond substituents is 1. The summed E-state index contributed by atoms with van der Waals surface area (Å²) in [7, 11) is 0. The fourth-order valence-electron chi connectivity index (χ4n) is 2.37. The molecule has 0 unspecified atom stereocenters. The fraction of sp³-hybridized carbons (Fsp3) is 0.429. The molecule has 2 heterocycles. The number of morpholine rings is 1. The van der Waals surface area contributed by atoms with Gasteiger partial charge in [-0.15, -0.1) is 0 Å². The van der Waals surface area contributed by atoms with Crippen LogP contribution in [0.1, 0.15) is 12.0 Å². The third-order valence-electron chi connectivity index (χ3n) is 3.48. The maximum absolute atomic E-state index is 12.3. The number of para-hydroxylation sites is 1. The first-order chi connectivity index (χ1) is 9.75. The molecular weight excluding hydrogens is 260 g/mol. The van der Waals surface area contributed by atoms with Gasteiger partial charge in [-0.25, -0.2) is 0 Å². The predicted molar refractivity (Wildman–Crippen MR) is 71.5 cm³/mol. The van der Waals surface area contributed by atoms with E-state index < -0.39 is 6.10 Å². The molecule has 1 fully saturated rings. The Morgan fingerprint density at radius 3 is 2.80 bits per heavy atom. The van der Waals surface area contributed by atoms with Crippen LogP contribution in [-0.2, 0) is 14.4 Å². The summed E-state index contributed by atoms with van der Waals surface area (Å²) in [5.41, 5.74) is 1.22. The summed E-state index contributed by atoms with van der Waals surface area (Å²) in [6.07, 6.45) is -0.212. The summed E-state index contributed by atoms with van der Waals surface area (Å²) >= 11 is 0. The molecule has 1 N–H and O–H groups in total. The largest absolute Gasteiger partial charge is 0.507 e. The second-order valence-electron chi connectivity index (χ2n) is 4.79. The molecule has 0 aliphatic carbocycles. The molecule has 2 aliphatic rings. The zero-order valence-electron chi connectivity index (χ0n) is 11.0. The van der Waals surface area contributed by atoms with E-state index in [-0.39, 0.29) is 11.7 Å². The Labute approximate surface area is 116 Å². The van der Waals surface area contributed by atoms with Crippen LogP contribution < -0.4 is 0 Å². The predicted octanol–water partition coefficient (Wildman–Crippen LogP) is 0.744. The van der Waals surface area contributed by atoms with Gasteiger partial charge in [0.05, 0.1) is 18.9 Å². The molecule has 6 heteroatoms. The number of ether oxygens (including phenoxy) is 1. The highest BCUT2D eigenvalue weighted by atomic mass is 16.6. The van der Waals surface area contributed by atoms with Crippen LogP contribution in [0.3, 0.4) is 0 Å². The van der Waals surface area contributed by atoms with Crippen LogP contribution in [0, 0.1) is 0 Å². The Hall–Kier alpha value is -2.08. The smallest absolute Gasteiger partial charge is 0.267 e. The minimum absolute atomic E-state index is 0.0672. The molecule has 2 aliphatic heterocycles. The van der Waals surface area contributed by atoms with Crippen LogP contribution in [0.15, 0.2) is 29.4 Å². The summed E-state index contributed by atoms with van der Waals surface area (Å²) in [4.78, 5) is 19.2. The van der Waals surface area contributed by atoms with E-state index in [4.69, 9.17) is 9.57 Å². The van der Waals surface area contributed by atoms with E-state index in [1.807, 2.05) is 6.07 Å². The van der Waals surface area contributed by atoms with Crippen LogP contribution >= 0.6 is 0 Å². The Balaban J connectivity index is 1.66. The minimum Gasteiger partial charge on any atom is -0.507 e. The van der Waals surface area contributed by atoms with E-state index in [1.165, 1.54) is 0 Å². The quantitative estimate of drug-likeness (QED) is 0.865. The summed E-state index contributed by atoms with van der Waals surface area (Å²) in [5.74, 6) is 0.0804. The van der Waals surface area contributed by atoms with E-state index in [2.05, 4.69) is 5.16 Å². The number of benzene rings is 1. The maximum atomic E-state index is 12.3. The van der Waals surface area contributed by atoms with Crippen LogP contribution in [0.25, 0.3) is 0 Å². The number of nitrogens with zero attached hydrogens (tertiary/aromatic N) is 2.